The van der Waals surface area contributed by atoms with Crippen LogP contribution in [0.15, 0.2) is 12.3 Å². The summed E-state index contributed by atoms with van der Waals surface area (Å²) in [6.07, 6.45) is 7.14. The number of H-pyrrole nitrogens is 1. The molecule has 0 spiro atoms. The smallest absolute Gasteiger partial charge is 0.321 e. The summed E-state index contributed by atoms with van der Waals surface area (Å²) in [4.78, 5) is 32.9. The topological polar surface area (TPSA) is 155 Å². The van der Waals surface area contributed by atoms with Crippen molar-refractivity contribution in [3.63, 3.8) is 0 Å². The molecule has 4 heterocycles. The number of fused-ring (bicyclic) bond motifs is 1. The summed E-state index contributed by atoms with van der Waals surface area (Å²) in [5, 5.41) is 20.7. The van der Waals surface area contributed by atoms with Gasteiger partial charge in [0, 0.05) is 36.7 Å². The number of piperidine rings is 1. The van der Waals surface area contributed by atoms with Gasteiger partial charge in [0.15, 0.2) is 5.65 Å². The molecular formula is C26H31N9O3. The number of carbonyl (C=O) groups excluding carboxylic acids is 1. The first kappa shape index (κ1) is 24.3. The van der Waals surface area contributed by atoms with Crippen molar-refractivity contribution >= 4 is 22.9 Å². The first-order chi connectivity index (χ1) is 18.5. The fourth-order valence-electron chi connectivity index (χ4n) is 5.35. The van der Waals surface area contributed by atoms with Crippen LogP contribution in [0.3, 0.4) is 0 Å². The Morgan fingerprint density at radius 1 is 1.29 bits per heavy atom. The SMILES string of the molecule is COc1ccnc2[nH]nc(C3CCN(c4nc(OC[C@H]5C[C@H]5C#N)nc(C(=O)NC5(C)CCC5)n4)CC3)c12. The van der Waals surface area contributed by atoms with Gasteiger partial charge in [-0.15, -0.1) is 0 Å². The first-order valence-electron chi connectivity index (χ1n) is 13.2. The summed E-state index contributed by atoms with van der Waals surface area (Å²) in [5.74, 6) is 1.33. The highest BCUT2D eigenvalue weighted by Gasteiger charge is 2.38. The molecule has 12 heteroatoms. The number of aromatic nitrogens is 6. The molecule has 0 unspecified atom stereocenters. The lowest BCUT2D eigenvalue weighted by Crippen LogP contribution is -2.51. The standard InChI is InChI=1S/C26H31N9O3/c1-26(7-3-8-26)32-23(36)22-29-24(31-25(30-22)38-14-17-12-16(17)13-27)35-10-5-15(6-11-35)20-19-18(37-2)4-9-28-21(19)34-33-20/h4,9,15-17H,3,5-8,10-12,14H2,1-2H3,(H,32,36)(H,28,33,34)/t16-,17+/m0/s1. The Labute approximate surface area is 220 Å². The molecule has 38 heavy (non-hydrogen) atoms. The largest absolute Gasteiger partial charge is 0.496 e. The number of nitrogens with zero attached hydrogens (tertiary/aromatic N) is 7. The molecule has 2 aliphatic carbocycles. The highest BCUT2D eigenvalue weighted by Crippen LogP contribution is 2.38. The van der Waals surface area contributed by atoms with E-state index in [0.29, 0.717) is 31.3 Å². The lowest BCUT2D eigenvalue weighted by atomic mass is 9.78. The molecule has 3 aromatic heterocycles. The highest BCUT2D eigenvalue weighted by molar-refractivity contribution is 5.91. The number of carbonyl (C=O) groups is 1. The monoisotopic (exact) mass is 517 g/mol. The van der Waals surface area contributed by atoms with Crippen LogP contribution in [0, 0.1) is 23.2 Å². The first-order valence-corrected chi connectivity index (χ1v) is 13.2. The molecule has 198 valence electrons. The number of hydrogen-bond donors (Lipinski definition) is 2. The Morgan fingerprint density at radius 3 is 2.79 bits per heavy atom. The van der Waals surface area contributed by atoms with Crippen molar-refractivity contribution in [2.75, 3.05) is 31.7 Å². The number of aromatic amines is 1. The third-order valence-corrected chi connectivity index (χ3v) is 8.03. The Balaban J connectivity index is 1.20. The number of pyridine rings is 1. The van der Waals surface area contributed by atoms with Gasteiger partial charge in [-0.1, -0.05) is 0 Å². The number of nitriles is 1. The van der Waals surface area contributed by atoms with Crippen LogP contribution in [0.25, 0.3) is 11.0 Å². The fourth-order valence-corrected chi connectivity index (χ4v) is 5.35. The van der Waals surface area contributed by atoms with Crippen LogP contribution in [0.2, 0.25) is 0 Å². The van der Waals surface area contributed by atoms with Gasteiger partial charge in [-0.2, -0.15) is 25.3 Å². The van der Waals surface area contributed by atoms with Crippen LogP contribution in [0.5, 0.6) is 11.8 Å². The lowest BCUT2D eigenvalue weighted by molar-refractivity contribution is 0.0837. The van der Waals surface area contributed by atoms with Gasteiger partial charge in [0.25, 0.3) is 5.91 Å². The molecule has 12 nitrogen and oxygen atoms in total. The second-order valence-electron chi connectivity index (χ2n) is 10.8. The summed E-state index contributed by atoms with van der Waals surface area (Å²) in [6, 6.07) is 4.24. The normalized spacial score (nSPS) is 22.4. The second kappa shape index (κ2) is 9.70. The van der Waals surface area contributed by atoms with E-state index in [9.17, 15) is 4.79 Å². The van der Waals surface area contributed by atoms with Crippen LogP contribution in [0.1, 0.15) is 67.7 Å². The quantitative estimate of drug-likeness (QED) is 0.456. The van der Waals surface area contributed by atoms with Gasteiger partial charge in [0.05, 0.1) is 36.8 Å². The van der Waals surface area contributed by atoms with E-state index in [0.717, 1.165) is 55.4 Å². The number of anilines is 1. The zero-order valence-electron chi connectivity index (χ0n) is 21.6. The van der Waals surface area contributed by atoms with E-state index in [4.69, 9.17) is 14.7 Å². The molecule has 3 aromatic rings. The van der Waals surface area contributed by atoms with Gasteiger partial charge >= 0.3 is 6.01 Å². The van der Waals surface area contributed by atoms with E-state index in [2.05, 4.69) is 46.4 Å². The molecule has 3 aliphatic rings. The zero-order chi connectivity index (χ0) is 26.3. The summed E-state index contributed by atoms with van der Waals surface area (Å²) >= 11 is 0. The molecule has 3 fully saturated rings. The molecule has 2 saturated carbocycles. The minimum Gasteiger partial charge on any atom is -0.496 e. The van der Waals surface area contributed by atoms with Crippen LogP contribution in [0.4, 0.5) is 5.95 Å². The van der Waals surface area contributed by atoms with Gasteiger partial charge < -0.3 is 19.7 Å². The van der Waals surface area contributed by atoms with Crippen molar-refractivity contribution in [1.82, 2.24) is 35.5 Å². The van der Waals surface area contributed by atoms with E-state index in [1.54, 1.807) is 13.3 Å². The third kappa shape index (κ3) is 4.68. The van der Waals surface area contributed by atoms with Gasteiger partial charge in [0.1, 0.15) is 5.75 Å². The summed E-state index contributed by atoms with van der Waals surface area (Å²) < 4.78 is 11.4. The molecule has 2 N–H and O–H groups in total. The number of methoxy groups -OCH3 is 1. The molecule has 6 rings (SSSR count). The van der Waals surface area contributed by atoms with Crippen molar-refractivity contribution in [3.8, 4) is 17.8 Å². The van der Waals surface area contributed by atoms with Crippen molar-refractivity contribution in [3.05, 3.63) is 23.8 Å². The van der Waals surface area contributed by atoms with Crippen LogP contribution >= 0.6 is 0 Å². The summed E-state index contributed by atoms with van der Waals surface area (Å²) in [5.41, 5.74) is 1.44. The molecule has 2 atom stereocenters. The number of hydrogen-bond acceptors (Lipinski definition) is 10. The van der Waals surface area contributed by atoms with E-state index in [1.807, 2.05) is 13.0 Å². The minimum absolute atomic E-state index is 0.0172. The number of rotatable bonds is 8. The highest BCUT2D eigenvalue weighted by atomic mass is 16.5. The predicted octanol–water partition coefficient (Wildman–Crippen LogP) is 2.75. The van der Waals surface area contributed by atoms with E-state index >= 15 is 0 Å². The van der Waals surface area contributed by atoms with E-state index in [1.165, 1.54) is 0 Å². The number of ether oxygens (including phenoxy) is 2. The fraction of sp³-hybridized carbons (Fsp3) is 0.577. The third-order valence-electron chi connectivity index (χ3n) is 8.03. The van der Waals surface area contributed by atoms with Gasteiger partial charge in [-0.3, -0.25) is 9.89 Å². The summed E-state index contributed by atoms with van der Waals surface area (Å²) in [6.45, 7) is 3.76. The Bertz CT molecular complexity index is 1390. The van der Waals surface area contributed by atoms with Gasteiger partial charge in [0.2, 0.25) is 11.8 Å². The predicted molar refractivity (Wildman–Crippen MR) is 137 cm³/mol. The van der Waals surface area contributed by atoms with Crippen molar-refractivity contribution in [2.24, 2.45) is 11.8 Å². The number of nitrogens with one attached hydrogen (secondary N) is 2. The van der Waals surface area contributed by atoms with Crippen molar-refractivity contribution in [1.29, 1.82) is 5.26 Å². The van der Waals surface area contributed by atoms with Gasteiger partial charge in [-0.25, -0.2) is 4.98 Å². The van der Waals surface area contributed by atoms with Crippen LogP contribution in [-0.4, -0.2) is 68.4 Å². The molecule has 1 aliphatic heterocycles. The van der Waals surface area contributed by atoms with Crippen molar-refractivity contribution in [2.45, 2.75) is 56.9 Å². The molecule has 0 radical (unpaired) electrons. The average Bonchev–Trinajstić information content (AvgIpc) is 3.57. The van der Waals surface area contributed by atoms with Crippen molar-refractivity contribution < 1.29 is 14.3 Å². The second-order valence-corrected chi connectivity index (χ2v) is 10.8. The number of amides is 1. The lowest BCUT2D eigenvalue weighted by Gasteiger charge is -2.38. The Kier molecular flexibility index (Phi) is 6.21. The van der Waals surface area contributed by atoms with Gasteiger partial charge in [-0.05, 0) is 51.5 Å². The summed E-state index contributed by atoms with van der Waals surface area (Å²) in [7, 11) is 1.65. The molecule has 0 bridgehead atoms. The maximum Gasteiger partial charge on any atom is 0.321 e. The zero-order valence-corrected chi connectivity index (χ0v) is 21.6. The molecule has 0 aromatic carbocycles. The molecule has 1 amide bonds. The maximum absolute atomic E-state index is 13.1. The minimum atomic E-state index is -0.320. The molecular weight excluding hydrogens is 486 g/mol. The molecule has 1 saturated heterocycles. The van der Waals surface area contributed by atoms with Crippen LogP contribution < -0.4 is 19.7 Å². The average molecular weight is 518 g/mol. The van der Waals surface area contributed by atoms with E-state index in [-0.39, 0.29) is 41.0 Å². The van der Waals surface area contributed by atoms with E-state index < -0.39 is 0 Å². The Hall–Kier alpha value is -4.01. The van der Waals surface area contributed by atoms with Crippen LogP contribution in [-0.2, 0) is 0 Å². The Morgan fingerprint density at radius 2 is 2.11 bits per heavy atom. The maximum atomic E-state index is 13.1.